The lowest BCUT2D eigenvalue weighted by atomic mass is 10.2. The Morgan fingerprint density at radius 2 is 2.00 bits per heavy atom. The van der Waals surface area contributed by atoms with Crippen LogP contribution in [-0.2, 0) is 0 Å². The van der Waals surface area contributed by atoms with Crippen molar-refractivity contribution in [1.29, 1.82) is 0 Å². The van der Waals surface area contributed by atoms with E-state index in [0.29, 0.717) is 10.8 Å². The van der Waals surface area contributed by atoms with E-state index in [0.717, 1.165) is 27.5 Å². The van der Waals surface area contributed by atoms with Gasteiger partial charge < -0.3 is 0 Å². The highest BCUT2D eigenvalue weighted by molar-refractivity contribution is 7.13. The van der Waals surface area contributed by atoms with E-state index in [1.54, 1.807) is 11.3 Å². The normalized spacial score (nSPS) is 11.6. The van der Waals surface area contributed by atoms with Gasteiger partial charge in [-0.25, -0.2) is 4.98 Å². The molecule has 3 aromatic heterocycles. The SMILES string of the molecule is Cc1cccc(N=Nc2c(-c3cccs3)nc3ccc(Cl)cn23)c1. The number of nitrogens with zero attached hydrogens (tertiary/aromatic N) is 4. The number of aryl methyl sites for hydroxylation is 1. The van der Waals surface area contributed by atoms with E-state index in [9.17, 15) is 0 Å². The molecule has 6 heteroatoms. The number of fused-ring (bicyclic) bond motifs is 1. The summed E-state index contributed by atoms with van der Waals surface area (Å²) in [6.07, 6.45) is 1.81. The third-order valence-electron chi connectivity index (χ3n) is 3.57. The monoisotopic (exact) mass is 352 g/mol. The van der Waals surface area contributed by atoms with E-state index in [4.69, 9.17) is 11.6 Å². The lowest BCUT2D eigenvalue weighted by Crippen LogP contribution is -1.82. The maximum absolute atomic E-state index is 6.14. The number of azo groups is 1. The maximum Gasteiger partial charge on any atom is 0.188 e. The zero-order chi connectivity index (χ0) is 16.5. The van der Waals surface area contributed by atoms with Crippen molar-refractivity contribution in [3.63, 3.8) is 0 Å². The van der Waals surface area contributed by atoms with Gasteiger partial charge in [-0.05, 0) is 48.2 Å². The fourth-order valence-corrected chi connectivity index (χ4v) is 3.35. The number of halogens is 1. The number of imidazole rings is 1. The Morgan fingerprint density at radius 1 is 1.08 bits per heavy atom. The number of hydrogen-bond donors (Lipinski definition) is 0. The predicted octanol–water partition coefficient (Wildman–Crippen LogP) is 6.44. The molecule has 0 aliphatic heterocycles. The third-order valence-corrected chi connectivity index (χ3v) is 4.67. The Bertz CT molecular complexity index is 1030. The molecule has 0 saturated carbocycles. The Kier molecular flexibility index (Phi) is 3.88. The lowest BCUT2D eigenvalue weighted by Gasteiger charge is -1.99. The minimum atomic E-state index is 0.629. The standard InChI is InChI=1S/C18H13ClN4S/c1-12-4-2-5-14(10-12)21-22-18-17(15-6-3-9-24-15)20-16-8-7-13(19)11-23(16)18/h2-11H,1H3. The quantitative estimate of drug-likeness (QED) is 0.391. The van der Waals surface area contributed by atoms with Gasteiger partial charge in [0, 0.05) is 6.20 Å². The summed E-state index contributed by atoms with van der Waals surface area (Å²) in [6.45, 7) is 2.03. The molecule has 118 valence electrons. The van der Waals surface area contributed by atoms with Gasteiger partial charge in [0.2, 0.25) is 0 Å². The summed E-state index contributed by atoms with van der Waals surface area (Å²) in [5.74, 6) is 0.677. The molecule has 3 heterocycles. The Labute approximate surface area is 148 Å². The highest BCUT2D eigenvalue weighted by Crippen LogP contribution is 2.35. The van der Waals surface area contributed by atoms with Crippen LogP contribution in [0, 0.1) is 6.92 Å². The van der Waals surface area contributed by atoms with Crippen LogP contribution in [0.5, 0.6) is 0 Å². The van der Waals surface area contributed by atoms with Crippen molar-refractivity contribution in [1.82, 2.24) is 9.38 Å². The minimum Gasteiger partial charge on any atom is -0.281 e. The summed E-state index contributed by atoms with van der Waals surface area (Å²) in [5, 5.41) is 11.5. The van der Waals surface area contributed by atoms with Gasteiger partial charge in [-0.3, -0.25) is 4.40 Å². The summed E-state index contributed by atoms with van der Waals surface area (Å²) < 4.78 is 1.87. The van der Waals surface area contributed by atoms with E-state index in [1.165, 1.54) is 0 Å². The Morgan fingerprint density at radius 3 is 2.79 bits per heavy atom. The predicted molar refractivity (Wildman–Crippen MR) is 98.9 cm³/mol. The molecule has 0 saturated heterocycles. The largest absolute Gasteiger partial charge is 0.281 e. The van der Waals surface area contributed by atoms with Gasteiger partial charge in [0.15, 0.2) is 5.82 Å². The van der Waals surface area contributed by atoms with Crippen molar-refractivity contribution in [2.24, 2.45) is 10.2 Å². The number of pyridine rings is 1. The van der Waals surface area contributed by atoms with Crippen LogP contribution < -0.4 is 0 Å². The number of benzene rings is 1. The summed E-state index contributed by atoms with van der Waals surface area (Å²) in [6, 6.07) is 15.6. The molecule has 0 fully saturated rings. The van der Waals surface area contributed by atoms with Crippen LogP contribution in [0.2, 0.25) is 5.02 Å². The number of thiophene rings is 1. The average molecular weight is 353 g/mol. The van der Waals surface area contributed by atoms with Crippen LogP contribution in [0.25, 0.3) is 16.2 Å². The van der Waals surface area contributed by atoms with Crippen molar-refractivity contribution in [2.45, 2.75) is 6.92 Å². The van der Waals surface area contributed by atoms with Gasteiger partial charge in [0.1, 0.15) is 11.3 Å². The van der Waals surface area contributed by atoms with Crippen LogP contribution in [0.1, 0.15) is 5.56 Å². The maximum atomic E-state index is 6.14. The lowest BCUT2D eigenvalue weighted by molar-refractivity contribution is 1.10. The van der Waals surface area contributed by atoms with E-state index < -0.39 is 0 Å². The van der Waals surface area contributed by atoms with Crippen molar-refractivity contribution in [3.8, 4) is 10.6 Å². The summed E-state index contributed by atoms with van der Waals surface area (Å²) >= 11 is 7.77. The minimum absolute atomic E-state index is 0.629. The molecule has 4 aromatic rings. The molecule has 24 heavy (non-hydrogen) atoms. The first-order valence-corrected chi connectivity index (χ1v) is 8.66. The van der Waals surface area contributed by atoms with Crippen molar-refractivity contribution < 1.29 is 0 Å². The van der Waals surface area contributed by atoms with Crippen LogP contribution >= 0.6 is 22.9 Å². The summed E-state index contributed by atoms with van der Waals surface area (Å²) in [5.41, 5.74) is 3.56. The summed E-state index contributed by atoms with van der Waals surface area (Å²) in [7, 11) is 0. The van der Waals surface area contributed by atoms with Gasteiger partial charge >= 0.3 is 0 Å². The molecule has 0 radical (unpaired) electrons. The molecule has 0 bridgehead atoms. The molecular formula is C18H13ClN4S. The zero-order valence-electron chi connectivity index (χ0n) is 12.8. The molecule has 0 aliphatic rings. The molecule has 0 unspecified atom stereocenters. The second-order valence-electron chi connectivity index (χ2n) is 5.38. The molecule has 0 atom stereocenters. The van der Waals surface area contributed by atoms with Gasteiger partial charge in [-0.15, -0.1) is 21.6 Å². The van der Waals surface area contributed by atoms with E-state index in [2.05, 4.69) is 15.2 Å². The molecule has 0 spiro atoms. The Balaban J connectivity index is 1.88. The first-order chi connectivity index (χ1) is 11.7. The smallest absolute Gasteiger partial charge is 0.188 e. The first kappa shape index (κ1) is 15.1. The highest BCUT2D eigenvalue weighted by Gasteiger charge is 2.15. The van der Waals surface area contributed by atoms with Gasteiger partial charge in [-0.1, -0.05) is 29.8 Å². The van der Waals surface area contributed by atoms with E-state index in [1.807, 2.05) is 71.4 Å². The molecule has 4 rings (SSSR count). The van der Waals surface area contributed by atoms with Gasteiger partial charge in [0.25, 0.3) is 0 Å². The molecule has 0 N–H and O–H groups in total. The highest BCUT2D eigenvalue weighted by atomic mass is 35.5. The fourth-order valence-electron chi connectivity index (χ4n) is 2.48. The topological polar surface area (TPSA) is 42.0 Å². The molecular weight excluding hydrogens is 340 g/mol. The van der Waals surface area contributed by atoms with Crippen LogP contribution in [0.3, 0.4) is 0 Å². The second kappa shape index (κ2) is 6.19. The zero-order valence-corrected chi connectivity index (χ0v) is 14.4. The first-order valence-electron chi connectivity index (χ1n) is 7.40. The van der Waals surface area contributed by atoms with Gasteiger partial charge in [-0.2, -0.15) is 0 Å². The van der Waals surface area contributed by atoms with Crippen LogP contribution in [0.15, 0.2) is 70.3 Å². The van der Waals surface area contributed by atoms with Crippen LogP contribution in [-0.4, -0.2) is 9.38 Å². The molecule has 0 amide bonds. The van der Waals surface area contributed by atoms with Crippen molar-refractivity contribution in [2.75, 3.05) is 0 Å². The third kappa shape index (κ3) is 2.84. The molecule has 0 aliphatic carbocycles. The van der Waals surface area contributed by atoms with Crippen molar-refractivity contribution >= 4 is 40.1 Å². The number of aromatic nitrogens is 2. The van der Waals surface area contributed by atoms with Crippen molar-refractivity contribution in [3.05, 3.63) is 70.7 Å². The van der Waals surface area contributed by atoms with Crippen LogP contribution in [0.4, 0.5) is 11.5 Å². The Hall–Kier alpha value is -2.50. The molecule has 1 aromatic carbocycles. The van der Waals surface area contributed by atoms with E-state index >= 15 is 0 Å². The number of rotatable bonds is 3. The fraction of sp³-hybridized carbons (Fsp3) is 0.0556. The summed E-state index contributed by atoms with van der Waals surface area (Å²) in [4.78, 5) is 5.74. The van der Waals surface area contributed by atoms with E-state index in [-0.39, 0.29) is 0 Å². The second-order valence-corrected chi connectivity index (χ2v) is 6.76. The molecule has 4 nitrogen and oxygen atoms in total. The average Bonchev–Trinajstić information content (AvgIpc) is 3.20. The van der Waals surface area contributed by atoms with Gasteiger partial charge in [0.05, 0.1) is 15.6 Å². The number of hydrogen-bond acceptors (Lipinski definition) is 4.